The number of ether oxygens (including phenoxy) is 4. The minimum Gasteiger partial charge on any atom is -0.493 e. The zero-order valence-corrected chi connectivity index (χ0v) is 22.8. The monoisotopic (exact) mass is 539 g/mol. The molecule has 40 heavy (non-hydrogen) atoms. The van der Waals surface area contributed by atoms with Crippen LogP contribution in [-0.2, 0) is 20.9 Å². The lowest BCUT2D eigenvalue weighted by Crippen LogP contribution is -2.34. The van der Waals surface area contributed by atoms with Crippen LogP contribution in [0.2, 0.25) is 0 Å². The number of benzene rings is 3. The van der Waals surface area contributed by atoms with Gasteiger partial charge in [-0.3, -0.25) is 4.79 Å². The number of methoxy groups -OCH3 is 1. The predicted octanol–water partition coefficient (Wildman–Crippen LogP) is 5.86. The summed E-state index contributed by atoms with van der Waals surface area (Å²) in [4.78, 5) is 26.8. The third-order valence-corrected chi connectivity index (χ3v) is 7.08. The molecular weight excluding hydrogens is 506 g/mol. The van der Waals surface area contributed by atoms with Gasteiger partial charge in [0.2, 0.25) is 0 Å². The van der Waals surface area contributed by atoms with Gasteiger partial charge in [0, 0.05) is 29.3 Å². The van der Waals surface area contributed by atoms with E-state index >= 15 is 0 Å². The van der Waals surface area contributed by atoms with Crippen LogP contribution in [0.4, 0.5) is 0 Å². The number of ketones is 1. The molecular formula is C33H33NO6. The van der Waals surface area contributed by atoms with Crippen molar-refractivity contribution in [3.63, 3.8) is 0 Å². The Balaban J connectivity index is 1.42. The lowest BCUT2D eigenvalue weighted by molar-refractivity contribution is -0.140. The molecule has 7 nitrogen and oxygen atoms in total. The van der Waals surface area contributed by atoms with E-state index in [1.165, 1.54) is 0 Å². The topological polar surface area (TPSA) is 83.1 Å². The van der Waals surface area contributed by atoms with Crippen LogP contribution in [0.25, 0.3) is 0 Å². The summed E-state index contributed by atoms with van der Waals surface area (Å²) >= 11 is 0. The molecule has 0 saturated carbocycles. The van der Waals surface area contributed by atoms with Crippen molar-refractivity contribution in [2.75, 3.05) is 20.3 Å². The molecule has 3 aromatic carbocycles. The molecule has 5 rings (SSSR count). The average Bonchev–Trinajstić information content (AvgIpc) is 2.98. The van der Waals surface area contributed by atoms with Crippen LogP contribution in [0.15, 0.2) is 101 Å². The van der Waals surface area contributed by atoms with Gasteiger partial charge in [-0.1, -0.05) is 54.6 Å². The second-order valence-corrected chi connectivity index (χ2v) is 9.75. The number of dihydropyridines is 1. The fourth-order valence-corrected chi connectivity index (χ4v) is 5.20. The van der Waals surface area contributed by atoms with Crippen molar-refractivity contribution in [3.05, 3.63) is 113 Å². The maximum Gasteiger partial charge on any atom is 0.336 e. The summed E-state index contributed by atoms with van der Waals surface area (Å²) in [5.41, 5.74) is 4.35. The molecule has 1 heterocycles. The summed E-state index contributed by atoms with van der Waals surface area (Å²) in [7, 11) is 1.59. The SMILES string of the molecule is COc1ccc([C@H]2C(C(=O)OCCOc3ccccc3)=C(C)NC3=C2C(=O)CCC3)cc1OCc1ccccc1. The Hall–Kier alpha value is -4.52. The molecule has 7 heteroatoms. The van der Waals surface area contributed by atoms with Gasteiger partial charge in [-0.15, -0.1) is 0 Å². The molecule has 0 fully saturated rings. The highest BCUT2D eigenvalue weighted by molar-refractivity contribution is 6.03. The van der Waals surface area contributed by atoms with Gasteiger partial charge in [0.05, 0.1) is 12.7 Å². The first-order chi connectivity index (χ1) is 19.5. The van der Waals surface area contributed by atoms with Gasteiger partial charge in [0.15, 0.2) is 17.3 Å². The van der Waals surface area contributed by atoms with Crippen molar-refractivity contribution in [1.29, 1.82) is 0 Å². The number of hydrogen-bond acceptors (Lipinski definition) is 7. The van der Waals surface area contributed by atoms with Gasteiger partial charge in [-0.25, -0.2) is 4.79 Å². The number of rotatable bonds is 10. The third kappa shape index (κ3) is 6.04. The Labute approximate surface area is 234 Å². The van der Waals surface area contributed by atoms with E-state index in [-0.39, 0.29) is 19.0 Å². The van der Waals surface area contributed by atoms with Gasteiger partial charge in [-0.2, -0.15) is 0 Å². The van der Waals surface area contributed by atoms with E-state index in [4.69, 9.17) is 18.9 Å². The van der Waals surface area contributed by atoms with Crippen molar-refractivity contribution in [1.82, 2.24) is 5.32 Å². The maximum absolute atomic E-state index is 13.5. The van der Waals surface area contributed by atoms with E-state index in [2.05, 4.69) is 5.32 Å². The lowest BCUT2D eigenvalue weighted by Gasteiger charge is -2.34. The van der Waals surface area contributed by atoms with Gasteiger partial charge < -0.3 is 24.3 Å². The number of nitrogens with one attached hydrogen (secondary N) is 1. The molecule has 0 unspecified atom stereocenters. The number of Topliss-reactive ketones (excluding diaryl/α,β-unsaturated/α-hetero) is 1. The summed E-state index contributed by atoms with van der Waals surface area (Å²) in [6, 6.07) is 24.8. The maximum atomic E-state index is 13.5. The van der Waals surface area contributed by atoms with E-state index in [9.17, 15) is 9.59 Å². The molecule has 0 spiro atoms. The smallest absolute Gasteiger partial charge is 0.336 e. The van der Waals surface area contributed by atoms with Crippen LogP contribution in [0, 0.1) is 0 Å². The van der Waals surface area contributed by atoms with Gasteiger partial charge in [0.1, 0.15) is 25.6 Å². The summed E-state index contributed by atoms with van der Waals surface area (Å²) in [5, 5.41) is 3.33. The zero-order chi connectivity index (χ0) is 27.9. The highest BCUT2D eigenvalue weighted by Crippen LogP contribution is 2.44. The highest BCUT2D eigenvalue weighted by Gasteiger charge is 2.39. The first kappa shape index (κ1) is 27.1. The molecule has 1 aliphatic carbocycles. The van der Waals surface area contributed by atoms with Crippen LogP contribution in [0.3, 0.4) is 0 Å². The second kappa shape index (κ2) is 12.6. The number of hydrogen-bond donors (Lipinski definition) is 1. The number of allylic oxidation sites excluding steroid dienone is 3. The van der Waals surface area contributed by atoms with E-state index in [1.807, 2.05) is 85.8 Å². The summed E-state index contributed by atoms with van der Waals surface area (Å²) in [6.07, 6.45) is 1.96. The summed E-state index contributed by atoms with van der Waals surface area (Å²) < 4.78 is 23.1. The Kier molecular flexibility index (Phi) is 8.50. The molecule has 0 aromatic heterocycles. The fourth-order valence-electron chi connectivity index (χ4n) is 5.20. The normalized spacial score (nSPS) is 16.6. The van der Waals surface area contributed by atoms with Crippen molar-refractivity contribution < 1.29 is 28.5 Å². The zero-order valence-electron chi connectivity index (χ0n) is 22.8. The Bertz CT molecular complexity index is 1430. The first-order valence-electron chi connectivity index (χ1n) is 13.5. The molecule has 0 bridgehead atoms. The number of para-hydroxylation sites is 1. The minimum absolute atomic E-state index is 0.0338. The lowest BCUT2D eigenvalue weighted by atomic mass is 9.75. The number of carbonyl (C=O) groups is 2. The minimum atomic E-state index is -0.587. The molecule has 1 atom stereocenters. The van der Waals surface area contributed by atoms with Gasteiger partial charge in [-0.05, 0) is 55.2 Å². The van der Waals surface area contributed by atoms with Crippen LogP contribution < -0.4 is 19.5 Å². The van der Waals surface area contributed by atoms with Crippen molar-refractivity contribution >= 4 is 11.8 Å². The van der Waals surface area contributed by atoms with Crippen molar-refractivity contribution in [2.24, 2.45) is 0 Å². The van der Waals surface area contributed by atoms with Crippen LogP contribution in [0.1, 0.15) is 43.2 Å². The molecule has 0 saturated heterocycles. The standard InChI is InChI=1S/C33H33NO6/c1-22-30(33(36)39-19-18-38-25-12-7-4-8-13-25)31(32-26(34-22)14-9-15-27(32)35)24-16-17-28(37-2)29(20-24)40-21-23-10-5-3-6-11-23/h3-8,10-13,16-17,20,31,34H,9,14-15,18-19,21H2,1-2H3/t31-/m0/s1. The molecule has 0 amide bonds. The Morgan fingerprint density at radius 2 is 1.65 bits per heavy atom. The van der Waals surface area contributed by atoms with Crippen molar-refractivity contribution in [3.8, 4) is 17.2 Å². The average molecular weight is 540 g/mol. The molecule has 1 aliphatic heterocycles. The fraction of sp³-hybridized carbons (Fsp3) is 0.273. The number of carbonyl (C=O) groups excluding carboxylic acids is 2. The summed E-state index contributed by atoms with van der Waals surface area (Å²) in [5.74, 6) is 0.771. The van der Waals surface area contributed by atoms with Gasteiger partial charge >= 0.3 is 5.97 Å². The van der Waals surface area contributed by atoms with E-state index in [1.54, 1.807) is 7.11 Å². The Morgan fingerprint density at radius 1 is 0.900 bits per heavy atom. The molecule has 206 valence electrons. The third-order valence-electron chi connectivity index (χ3n) is 7.08. The largest absolute Gasteiger partial charge is 0.493 e. The molecule has 2 aliphatic rings. The van der Waals surface area contributed by atoms with E-state index < -0.39 is 11.9 Å². The van der Waals surface area contributed by atoms with E-state index in [0.29, 0.717) is 47.1 Å². The van der Waals surface area contributed by atoms with E-state index in [0.717, 1.165) is 29.7 Å². The van der Waals surface area contributed by atoms with Crippen LogP contribution in [-0.4, -0.2) is 32.1 Å². The van der Waals surface area contributed by atoms with Crippen LogP contribution in [0.5, 0.6) is 17.2 Å². The predicted molar refractivity (Wildman–Crippen MR) is 151 cm³/mol. The van der Waals surface area contributed by atoms with Gasteiger partial charge in [0.25, 0.3) is 0 Å². The first-order valence-corrected chi connectivity index (χ1v) is 13.5. The summed E-state index contributed by atoms with van der Waals surface area (Å²) in [6.45, 7) is 2.49. The molecule has 1 N–H and O–H groups in total. The van der Waals surface area contributed by atoms with Crippen LogP contribution >= 0.6 is 0 Å². The Morgan fingerprint density at radius 3 is 2.40 bits per heavy atom. The number of esters is 1. The molecule has 0 radical (unpaired) electrons. The molecule has 3 aromatic rings. The second-order valence-electron chi connectivity index (χ2n) is 9.75. The quantitative estimate of drug-likeness (QED) is 0.255. The van der Waals surface area contributed by atoms with Crippen molar-refractivity contribution in [2.45, 2.75) is 38.7 Å². The highest BCUT2D eigenvalue weighted by atomic mass is 16.6.